The van der Waals surface area contributed by atoms with Crippen molar-refractivity contribution in [3.8, 4) is 5.75 Å². The quantitative estimate of drug-likeness (QED) is 0.673. The van der Waals surface area contributed by atoms with Crippen molar-refractivity contribution in [1.29, 1.82) is 0 Å². The molecule has 4 atom stereocenters. The van der Waals surface area contributed by atoms with Gasteiger partial charge in [0, 0.05) is 23.9 Å². The van der Waals surface area contributed by atoms with E-state index in [-0.39, 0.29) is 40.4 Å². The van der Waals surface area contributed by atoms with Crippen molar-refractivity contribution in [1.82, 2.24) is 4.90 Å². The van der Waals surface area contributed by atoms with Crippen LogP contribution in [0.1, 0.15) is 57.6 Å². The Morgan fingerprint density at radius 3 is 2.70 bits per heavy atom. The molecule has 1 aliphatic heterocycles. The summed E-state index contributed by atoms with van der Waals surface area (Å²) in [4.78, 5) is 15.8. The summed E-state index contributed by atoms with van der Waals surface area (Å²) in [6.45, 7) is 7.51. The average Bonchev–Trinajstić information content (AvgIpc) is 3.43. The Labute approximate surface area is 200 Å². The van der Waals surface area contributed by atoms with Crippen LogP contribution in [0.2, 0.25) is 0 Å². The zero-order valence-corrected chi connectivity index (χ0v) is 21.2. The van der Waals surface area contributed by atoms with E-state index in [1.54, 1.807) is 23.6 Å². The van der Waals surface area contributed by atoms with Gasteiger partial charge < -0.3 is 10.0 Å². The van der Waals surface area contributed by atoms with Crippen molar-refractivity contribution >= 4 is 27.1 Å². The molecule has 1 amide bonds. The van der Waals surface area contributed by atoms with Gasteiger partial charge in [-0.15, -0.1) is 11.3 Å². The number of amides is 1. The molecule has 1 aromatic carbocycles. The van der Waals surface area contributed by atoms with Gasteiger partial charge in [-0.25, -0.2) is 8.42 Å². The molecule has 1 aromatic heterocycles. The van der Waals surface area contributed by atoms with Crippen LogP contribution in [-0.4, -0.2) is 42.7 Å². The maximum atomic E-state index is 13.7. The maximum Gasteiger partial charge on any atom is 0.225 e. The zero-order valence-electron chi connectivity index (χ0n) is 19.6. The fourth-order valence-electron chi connectivity index (χ4n) is 6.71. The van der Waals surface area contributed by atoms with E-state index < -0.39 is 9.84 Å². The third-order valence-corrected chi connectivity index (χ3v) is 12.4. The van der Waals surface area contributed by atoms with E-state index in [0.717, 1.165) is 24.8 Å². The van der Waals surface area contributed by atoms with E-state index in [1.165, 1.54) is 16.9 Å². The molecule has 2 bridgehead atoms. The summed E-state index contributed by atoms with van der Waals surface area (Å²) in [6.07, 6.45) is 3.71. The molecule has 2 aliphatic carbocycles. The molecule has 2 aromatic rings. The first-order valence-corrected chi connectivity index (χ1v) is 14.5. The van der Waals surface area contributed by atoms with Gasteiger partial charge in [-0.3, -0.25) is 4.79 Å². The Hall–Kier alpha value is -1.86. The molecule has 1 saturated heterocycles. The number of thiophene rings is 1. The van der Waals surface area contributed by atoms with Gasteiger partial charge in [-0.2, -0.15) is 0 Å². The van der Waals surface area contributed by atoms with Gasteiger partial charge in [0.15, 0.2) is 9.84 Å². The van der Waals surface area contributed by atoms with Crippen LogP contribution in [0.25, 0.3) is 0 Å². The molecular formula is C26H33NO4S2. The molecule has 0 radical (unpaired) electrons. The van der Waals surface area contributed by atoms with Gasteiger partial charge in [0.25, 0.3) is 0 Å². The molecule has 2 fully saturated rings. The van der Waals surface area contributed by atoms with E-state index in [1.807, 2.05) is 6.07 Å². The number of likely N-dealkylation sites (tertiary alicyclic amines) is 1. The van der Waals surface area contributed by atoms with Crippen molar-refractivity contribution < 1.29 is 18.3 Å². The third kappa shape index (κ3) is 3.54. The fourth-order valence-corrected chi connectivity index (χ4v) is 9.49. The number of carbonyl (C=O) groups excluding carboxylic acids is 1. The number of rotatable bonds is 4. The minimum Gasteiger partial charge on any atom is -0.508 e. The molecule has 5 nitrogen and oxygen atoms in total. The number of nitrogens with zero attached hydrogens (tertiary/aromatic N) is 1. The van der Waals surface area contributed by atoms with Crippen LogP contribution in [0.4, 0.5) is 0 Å². The van der Waals surface area contributed by atoms with E-state index >= 15 is 0 Å². The number of carbonyl (C=O) groups is 1. The summed E-state index contributed by atoms with van der Waals surface area (Å²) in [6, 6.07) is 9.28. The first kappa shape index (κ1) is 22.9. The Kier molecular flexibility index (Phi) is 5.44. The molecule has 2 heterocycles. The summed E-state index contributed by atoms with van der Waals surface area (Å²) in [5.41, 5.74) is 1.97. The number of hydrogen-bond donors (Lipinski definition) is 1. The summed E-state index contributed by atoms with van der Waals surface area (Å²) < 4.78 is 25.9. The fraction of sp³-hybridized carbons (Fsp3) is 0.577. The topological polar surface area (TPSA) is 74.7 Å². The lowest BCUT2D eigenvalue weighted by Gasteiger charge is -2.61. The second-order valence-corrected chi connectivity index (χ2v) is 14.2. The second kappa shape index (κ2) is 7.84. The molecule has 3 aliphatic rings. The number of aromatic hydroxyl groups is 1. The smallest absolute Gasteiger partial charge is 0.225 e. The number of phenolic OH excluding ortho intramolecular Hbond substituents is 1. The van der Waals surface area contributed by atoms with Crippen LogP contribution in [0.5, 0.6) is 5.75 Å². The van der Waals surface area contributed by atoms with Crippen molar-refractivity contribution in [2.75, 3.05) is 12.3 Å². The Balaban J connectivity index is 1.35. The van der Waals surface area contributed by atoms with Gasteiger partial charge in [0.1, 0.15) is 9.96 Å². The molecule has 1 N–H and O–H groups in total. The summed E-state index contributed by atoms with van der Waals surface area (Å²) >= 11 is 1.26. The number of hydrogen-bond acceptors (Lipinski definition) is 5. The summed E-state index contributed by atoms with van der Waals surface area (Å²) in [5, 5.41) is 12.4. The molecule has 1 saturated carbocycles. The standard InChI is InChI=1S/C26H33NO4S2/c1-25(2)22-15-19-20(6-4-7-21(19)28)26(25,3)11-12-27(22)24(29)18-10-9-17(14-18)16-33(30,31)23-8-5-13-32-23/h4-8,13,17-18,22,28H,9-12,14-16H2,1-3H3/t17?,18-,22-,26+/m1/s1. The highest BCUT2D eigenvalue weighted by Crippen LogP contribution is 2.57. The molecular weight excluding hydrogens is 454 g/mol. The highest BCUT2D eigenvalue weighted by molar-refractivity contribution is 7.93. The van der Waals surface area contributed by atoms with Crippen LogP contribution in [0.3, 0.4) is 0 Å². The predicted octanol–water partition coefficient (Wildman–Crippen LogP) is 4.78. The lowest BCUT2D eigenvalue weighted by atomic mass is 9.51. The summed E-state index contributed by atoms with van der Waals surface area (Å²) in [5.74, 6) is 0.550. The largest absolute Gasteiger partial charge is 0.508 e. The highest BCUT2D eigenvalue weighted by atomic mass is 32.2. The number of benzene rings is 1. The van der Waals surface area contributed by atoms with Gasteiger partial charge in [-0.05, 0) is 72.1 Å². The van der Waals surface area contributed by atoms with Gasteiger partial charge in [0.05, 0.1) is 5.75 Å². The van der Waals surface area contributed by atoms with Crippen LogP contribution < -0.4 is 0 Å². The number of piperidine rings is 1. The van der Waals surface area contributed by atoms with E-state index in [4.69, 9.17) is 0 Å². The molecule has 0 spiro atoms. The van der Waals surface area contributed by atoms with Gasteiger partial charge in [0.2, 0.25) is 5.91 Å². The van der Waals surface area contributed by atoms with Crippen molar-refractivity contribution in [2.45, 2.75) is 68.5 Å². The Morgan fingerprint density at radius 2 is 1.97 bits per heavy atom. The van der Waals surface area contributed by atoms with Gasteiger partial charge >= 0.3 is 0 Å². The lowest BCUT2D eigenvalue weighted by Crippen LogP contribution is -2.65. The second-order valence-electron chi connectivity index (χ2n) is 10.9. The predicted molar refractivity (Wildman–Crippen MR) is 130 cm³/mol. The number of fused-ring (bicyclic) bond motifs is 4. The van der Waals surface area contributed by atoms with Crippen LogP contribution in [0, 0.1) is 17.3 Å². The zero-order chi connectivity index (χ0) is 23.6. The van der Waals surface area contributed by atoms with Crippen LogP contribution in [-0.2, 0) is 26.5 Å². The Bertz CT molecular complexity index is 1170. The van der Waals surface area contributed by atoms with E-state index in [9.17, 15) is 18.3 Å². The normalized spacial score (nSPS) is 30.8. The van der Waals surface area contributed by atoms with Crippen molar-refractivity contribution in [3.05, 3.63) is 46.8 Å². The van der Waals surface area contributed by atoms with Crippen molar-refractivity contribution in [2.24, 2.45) is 17.3 Å². The van der Waals surface area contributed by atoms with Gasteiger partial charge in [-0.1, -0.05) is 39.0 Å². The third-order valence-electron chi connectivity index (χ3n) is 9.06. The van der Waals surface area contributed by atoms with E-state index in [2.05, 4.69) is 31.7 Å². The molecule has 33 heavy (non-hydrogen) atoms. The molecule has 5 rings (SSSR count). The van der Waals surface area contributed by atoms with Crippen LogP contribution >= 0.6 is 11.3 Å². The van der Waals surface area contributed by atoms with E-state index in [0.29, 0.717) is 29.3 Å². The maximum absolute atomic E-state index is 13.7. The summed E-state index contributed by atoms with van der Waals surface area (Å²) in [7, 11) is -3.29. The number of phenols is 1. The Morgan fingerprint density at radius 1 is 1.18 bits per heavy atom. The molecule has 7 heteroatoms. The van der Waals surface area contributed by atoms with Crippen LogP contribution in [0.15, 0.2) is 39.9 Å². The molecule has 1 unspecified atom stereocenters. The minimum absolute atomic E-state index is 0.0263. The van der Waals surface area contributed by atoms with Crippen molar-refractivity contribution in [3.63, 3.8) is 0 Å². The number of sulfone groups is 1. The lowest BCUT2D eigenvalue weighted by molar-refractivity contribution is -0.148. The highest BCUT2D eigenvalue weighted by Gasteiger charge is 2.57. The first-order valence-electron chi connectivity index (χ1n) is 11.9. The first-order chi connectivity index (χ1) is 15.5. The minimum atomic E-state index is -3.29. The average molecular weight is 488 g/mol. The SMILES string of the molecule is CC1(C)[C@H]2Cc3c(O)cccc3[C@]1(C)CCN2C(=O)[C@@H]1CCC(CS(=O)(=O)c2cccs2)C1. The monoisotopic (exact) mass is 487 g/mol. The molecule has 178 valence electrons.